The van der Waals surface area contributed by atoms with Crippen LogP contribution >= 0.6 is 12.4 Å². The van der Waals surface area contributed by atoms with E-state index in [-0.39, 0.29) is 30.3 Å². The summed E-state index contributed by atoms with van der Waals surface area (Å²) in [6.45, 7) is 0.676. The molecule has 11 heteroatoms. The quantitative estimate of drug-likeness (QED) is 0.504. The molecule has 2 atom stereocenters. The van der Waals surface area contributed by atoms with Crippen molar-refractivity contribution in [1.29, 1.82) is 0 Å². The SMILES string of the molecule is CN(C)C(=O)c1cc2cnc(Nc3ccc(N4CC5CCC(CC4=O)N5)cn3)nc2n1C1CCCCC1.Cl. The molecule has 38 heavy (non-hydrogen) atoms. The number of hydrogen-bond acceptors (Lipinski definition) is 7. The summed E-state index contributed by atoms with van der Waals surface area (Å²) in [4.78, 5) is 43.1. The average molecular weight is 539 g/mol. The van der Waals surface area contributed by atoms with Gasteiger partial charge in [0.05, 0.1) is 11.9 Å². The summed E-state index contributed by atoms with van der Waals surface area (Å²) in [5.74, 6) is 1.15. The van der Waals surface area contributed by atoms with Crippen LogP contribution in [0.25, 0.3) is 11.0 Å². The fraction of sp³-hybridized carbons (Fsp3) is 0.519. The maximum atomic E-state index is 13.0. The van der Waals surface area contributed by atoms with E-state index in [4.69, 9.17) is 4.98 Å². The third kappa shape index (κ3) is 5.07. The standard InChI is InChI=1S/C27H34N8O2.ClH/c1-33(2)26(37)22-12-17-14-29-27(32-25(17)35(22)20-6-4-3-5-7-20)31-23-11-10-21(15-28-23)34-16-19-9-8-18(30-19)13-24(34)36;/h10-12,14-15,18-20,30H,3-9,13,16H2,1-2H3,(H,28,29,31,32);1H. The van der Waals surface area contributed by atoms with E-state index in [1.54, 1.807) is 31.4 Å². The van der Waals surface area contributed by atoms with Crippen molar-refractivity contribution in [2.24, 2.45) is 0 Å². The monoisotopic (exact) mass is 538 g/mol. The molecule has 2 bridgehead atoms. The molecule has 5 heterocycles. The number of halogens is 1. The number of hydrogen-bond donors (Lipinski definition) is 2. The summed E-state index contributed by atoms with van der Waals surface area (Å²) in [6, 6.07) is 6.57. The highest BCUT2D eigenvalue weighted by atomic mass is 35.5. The molecule has 2 N–H and O–H groups in total. The van der Waals surface area contributed by atoms with Gasteiger partial charge in [0.25, 0.3) is 5.91 Å². The number of carbonyl (C=O) groups is 2. The first-order valence-electron chi connectivity index (χ1n) is 13.4. The molecule has 0 radical (unpaired) electrons. The van der Waals surface area contributed by atoms with Gasteiger partial charge in [0.1, 0.15) is 17.2 Å². The van der Waals surface area contributed by atoms with Gasteiger partial charge in [0, 0.05) is 56.8 Å². The molecule has 202 valence electrons. The van der Waals surface area contributed by atoms with E-state index in [1.165, 1.54) is 6.42 Å². The highest BCUT2D eigenvalue weighted by Crippen LogP contribution is 2.34. The summed E-state index contributed by atoms with van der Waals surface area (Å²) in [5.41, 5.74) is 2.23. The Morgan fingerprint density at radius 3 is 2.58 bits per heavy atom. The lowest BCUT2D eigenvalue weighted by Crippen LogP contribution is -2.37. The minimum Gasteiger partial charge on any atom is -0.343 e. The molecule has 0 aromatic carbocycles. The number of carbonyl (C=O) groups excluding carboxylic acids is 2. The van der Waals surface area contributed by atoms with Crippen LogP contribution in [0.3, 0.4) is 0 Å². The molecule has 10 nitrogen and oxygen atoms in total. The van der Waals surface area contributed by atoms with Crippen LogP contribution < -0.4 is 15.5 Å². The Labute approximate surface area is 228 Å². The second kappa shape index (κ2) is 10.9. The number of rotatable bonds is 5. The van der Waals surface area contributed by atoms with Gasteiger partial charge in [-0.25, -0.2) is 9.97 Å². The third-order valence-electron chi connectivity index (χ3n) is 7.90. The van der Waals surface area contributed by atoms with Gasteiger partial charge in [-0.2, -0.15) is 4.98 Å². The van der Waals surface area contributed by atoms with Gasteiger partial charge < -0.3 is 25.0 Å². The summed E-state index contributed by atoms with van der Waals surface area (Å²) in [7, 11) is 3.55. The average Bonchev–Trinajstić information content (AvgIpc) is 3.46. The van der Waals surface area contributed by atoms with Crippen molar-refractivity contribution in [2.45, 2.75) is 69.5 Å². The van der Waals surface area contributed by atoms with Crippen molar-refractivity contribution in [3.8, 4) is 0 Å². The zero-order valence-corrected chi connectivity index (χ0v) is 22.7. The van der Waals surface area contributed by atoms with Gasteiger partial charge in [-0.05, 0) is 43.9 Å². The van der Waals surface area contributed by atoms with Crippen LogP contribution in [0.5, 0.6) is 0 Å². The Kier molecular flexibility index (Phi) is 7.54. The van der Waals surface area contributed by atoms with E-state index in [0.717, 1.165) is 55.2 Å². The maximum Gasteiger partial charge on any atom is 0.270 e. The Morgan fingerprint density at radius 2 is 1.84 bits per heavy atom. The number of amides is 2. The van der Waals surface area contributed by atoms with Gasteiger partial charge in [0.15, 0.2) is 0 Å². The molecular weight excluding hydrogens is 504 g/mol. The van der Waals surface area contributed by atoms with Gasteiger partial charge in [-0.15, -0.1) is 12.4 Å². The molecule has 3 aliphatic rings. The Balaban J connectivity index is 0.00000294. The normalized spacial score (nSPS) is 21.7. The van der Waals surface area contributed by atoms with Crippen molar-refractivity contribution in [3.63, 3.8) is 0 Å². The maximum absolute atomic E-state index is 13.0. The summed E-state index contributed by atoms with van der Waals surface area (Å²) < 4.78 is 2.12. The van der Waals surface area contributed by atoms with Gasteiger partial charge in [-0.1, -0.05) is 19.3 Å². The Morgan fingerprint density at radius 1 is 1.05 bits per heavy atom. The van der Waals surface area contributed by atoms with Crippen molar-refractivity contribution < 1.29 is 9.59 Å². The highest BCUT2D eigenvalue weighted by Gasteiger charge is 2.34. The molecule has 3 aromatic heterocycles. The first-order valence-corrected chi connectivity index (χ1v) is 13.4. The van der Waals surface area contributed by atoms with E-state index in [9.17, 15) is 9.59 Å². The van der Waals surface area contributed by atoms with E-state index in [0.29, 0.717) is 42.5 Å². The number of anilines is 3. The van der Waals surface area contributed by atoms with Crippen molar-refractivity contribution in [1.82, 2.24) is 29.7 Å². The summed E-state index contributed by atoms with van der Waals surface area (Å²) in [6.07, 6.45) is 11.8. The molecule has 0 spiro atoms. The van der Waals surface area contributed by atoms with Crippen LogP contribution in [0.1, 0.15) is 67.9 Å². The summed E-state index contributed by atoms with van der Waals surface area (Å²) in [5, 5.41) is 7.61. The van der Waals surface area contributed by atoms with Gasteiger partial charge in [0.2, 0.25) is 11.9 Å². The molecule has 3 aromatic rings. The van der Waals surface area contributed by atoms with Gasteiger partial charge in [-0.3, -0.25) is 9.59 Å². The third-order valence-corrected chi connectivity index (χ3v) is 7.90. The molecule has 2 saturated heterocycles. The number of nitrogens with one attached hydrogen (secondary N) is 2. The number of aromatic nitrogens is 4. The van der Waals surface area contributed by atoms with E-state index < -0.39 is 0 Å². The lowest BCUT2D eigenvalue weighted by Gasteiger charge is -2.26. The van der Waals surface area contributed by atoms with Gasteiger partial charge >= 0.3 is 0 Å². The molecule has 2 aliphatic heterocycles. The fourth-order valence-electron chi connectivity index (χ4n) is 6.00. The number of pyridine rings is 1. The summed E-state index contributed by atoms with van der Waals surface area (Å²) >= 11 is 0. The first kappa shape index (κ1) is 26.4. The van der Waals surface area contributed by atoms with Crippen LogP contribution in [0.4, 0.5) is 17.5 Å². The molecule has 1 aliphatic carbocycles. The molecule has 6 rings (SSSR count). The largest absolute Gasteiger partial charge is 0.343 e. The van der Waals surface area contributed by atoms with Crippen LogP contribution in [0.2, 0.25) is 0 Å². The minimum absolute atomic E-state index is 0. The van der Waals surface area contributed by atoms with Crippen LogP contribution in [-0.2, 0) is 4.79 Å². The lowest BCUT2D eigenvalue weighted by atomic mass is 9.95. The predicted octanol–water partition coefficient (Wildman–Crippen LogP) is 4.06. The predicted molar refractivity (Wildman–Crippen MR) is 149 cm³/mol. The van der Waals surface area contributed by atoms with Crippen LogP contribution in [-0.4, -0.2) is 69.0 Å². The minimum atomic E-state index is -0.0261. The molecule has 1 saturated carbocycles. The molecule has 2 amide bonds. The van der Waals surface area contributed by atoms with Crippen molar-refractivity contribution in [3.05, 3.63) is 36.3 Å². The van der Waals surface area contributed by atoms with Crippen LogP contribution in [0.15, 0.2) is 30.6 Å². The van der Waals surface area contributed by atoms with Crippen molar-refractivity contribution >= 4 is 52.7 Å². The van der Waals surface area contributed by atoms with E-state index in [2.05, 4.69) is 25.2 Å². The second-order valence-electron chi connectivity index (χ2n) is 10.7. The lowest BCUT2D eigenvalue weighted by molar-refractivity contribution is -0.118. The number of fused-ring (bicyclic) bond motifs is 3. The zero-order chi connectivity index (χ0) is 25.5. The fourth-order valence-corrected chi connectivity index (χ4v) is 6.00. The van der Waals surface area contributed by atoms with E-state index in [1.807, 2.05) is 23.1 Å². The second-order valence-corrected chi connectivity index (χ2v) is 10.7. The molecule has 3 fully saturated rings. The Bertz CT molecular complexity index is 1320. The van der Waals surface area contributed by atoms with Crippen molar-refractivity contribution in [2.75, 3.05) is 30.9 Å². The topological polar surface area (TPSA) is 108 Å². The highest BCUT2D eigenvalue weighted by molar-refractivity contribution is 5.98. The zero-order valence-electron chi connectivity index (χ0n) is 21.9. The molecule has 2 unspecified atom stereocenters. The van der Waals surface area contributed by atoms with Crippen LogP contribution in [0, 0.1) is 0 Å². The first-order chi connectivity index (χ1) is 18.0. The van der Waals surface area contributed by atoms with E-state index >= 15 is 0 Å². The number of nitrogens with zero attached hydrogens (tertiary/aromatic N) is 6. The smallest absolute Gasteiger partial charge is 0.270 e. The Hall–Kier alpha value is -3.24. The molecular formula is C27H35ClN8O2.